The molecule has 1 atom stereocenters. The topological polar surface area (TPSA) is 58.4 Å². The molecule has 1 fully saturated rings. The van der Waals surface area contributed by atoms with Gasteiger partial charge in [-0.15, -0.1) is 18.3 Å². The number of para-hydroxylation sites is 1. The average molecular weight is 319 g/mol. The first kappa shape index (κ1) is 17.1. The number of thioether (sulfide) groups is 1. The fourth-order valence-corrected chi connectivity index (χ4v) is 3.41. The molecule has 1 aromatic rings. The molecule has 0 saturated carbocycles. The number of anilines is 1. The lowest BCUT2D eigenvalue weighted by molar-refractivity contribution is -0.117. The van der Waals surface area contributed by atoms with Crippen molar-refractivity contribution in [3.63, 3.8) is 0 Å². The van der Waals surface area contributed by atoms with Crippen LogP contribution in [0.2, 0.25) is 0 Å². The van der Waals surface area contributed by atoms with Crippen molar-refractivity contribution in [2.75, 3.05) is 37.2 Å². The molecule has 1 aromatic carbocycles. The van der Waals surface area contributed by atoms with E-state index in [1.807, 2.05) is 30.3 Å². The zero-order chi connectivity index (χ0) is 16.0. The molecule has 3 N–H and O–H groups in total. The van der Waals surface area contributed by atoms with Gasteiger partial charge in [0.1, 0.15) is 0 Å². The molecular weight excluding hydrogens is 294 g/mol. The molecule has 1 saturated heterocycles. The van der Waals surface area contributed by atoms with Crippen molar-refractivity contribution >= 4 is 23.4 Å². The molecule has 1 amide bonds. The summed E-state index contributed by atoms with van der Waals surface area (Å²) < 4.78 is 0. The summed E-state index contributed by atoms with van der Waals surface area (Å²) in [4.78, 5) is 15.5. The van der Waals surface area contributed by atoms with Gasteiger partial charge >= 0.3 is 0 Å². The normalized spacial score (nSPS) is 21.7. The molecule has 2 rings (SSSR count). The lowest BCUT2D eigenvalue weighted by Gasteiger charge is -2.22. The first-order valence-corrected chi connectivity index (χ1v) is 8.60. The van der Waals surface area contributed by atoms with Crippen LogP contribution in [-0.4, -0.2) is 42.7 Å². The number of amides is 1. The first-order chi connectivity index (χ1) is 10.6. The molecule has 1 unspecified atom stereocenters. The highest BCUT2D eigenvalue weighted by atomic mass is 32.2. The summed E-state index contributed by atoms with van der Waals surface area (Å²) >= 11 is 1.67. The van der Waals surface area contributed by atoms with Crippen LogP contribution in [0.5, 0.6) is 0 Å². The zero-order valence-corrected chi connectivity index (χ0v) is 14.0. The second-order valence-corrected chi connectivity index (χ2v) is 7.18. The van der Waals surface area contributed by atoms with Crippen LogP contribution in [0, 0.1) is 5.41 Å². The van der Waals surface area contributed by atoms with Gasteiger partial charge in [-0.2, -0.15) is 0 Å². The number of rotatable bonds is 7. The molecule has 1 aliphatic rings. The molecule has 120 valence electrons. The minimum absolute atomic E-state index is 0.0351. The van der Waals surface area contributed by atoms with Crippen LogP contribution in [0.4, 0.5) is 5.69 Å². The second-order valence-electron chi connectivity index (χ2n) is 6.12. The number of benzene rings is 1. The van der Waals surface area contributed by atoms with Crippen LogP contribution in [0.3, 0.4) is 0 Å². The van der Waals surface area contributed by atoms with E-state index < -0.39 is 0 Å². The maximum atomic E-state index is 12.3. The standard InChI is InChI=1S/C17H25N3OS/c1-3-10-22-15-7-5-4-6-14(15)19-16(21)11-20-9-8-17(2,12-18)13-20/h3-7H,1,8-13,18H2,2H3,(H,19,21). The highest BCUT2D eigenvalue weighted by Crippen LogP contribution is 2.29. The van der Waals surface area contributed by atoms with Crippen LogP contribution >= 0.6 is 11.8 Å². The third-order valence-corrected chi connectivity index (χ3v) is 5.08. The van der Waals surface area contributed by atoms with Gasteiger partial charge in [0.25, 0.3) is 0 Å². The molecule has 0 bridgehead atoms. The lowest BCUT2D eigenvalue weighted by Crippen LogP contribution is -2.35. The third kappa shape index (κ3) is 4.60. The maximum absolute atomic E-state index is 12.3. The number of hydrogen-bond acceptors (Lipinski definition) is 4. The van der Waals surface area contributed by atoms with Gasteiger partial charge in [0.15, 0.2) is 0 Å². The van der Waals surface area contributed by atoms with Crippen LogP contribution in [-0.2, 0) is 4.79 Å². The summed E-state index contributed by atoms with van der Waals surface area (Å²) in [6, 6.07) is 7.88. The number of carbonyl (C=O) groups excluding carboxylic acids is 1. The number of likely N-dealkylation sites (tertiary alicyclic amines) is 1. The van der Waals surface area contributed by atoms with Crippen LogP contribution < -0.4 is 11.1 Å². The molecule has 0 spiro atoms. The predicted octanol–water partition coefficient (Wildman–Crippen LogP) is 2.57. The van der Waals surface area contributed by atoms with E-state index in [4.69, 9.17) is 5.73 Å². The van der Waals surface area contributed by atoms with Crippen molar-refractivity contribution in [1.29, 1.82) is 0 Å². The van der Waals surface area contributed by atoms with E-state index in [0.717, 1.165) is 35.8 Å². The fraction of sp³-hybridized carbons (Fsp3) is 0.471. The Labute approximate surface area is 137 Å². The Morgan fingerprint density at radius 2 is 2.32 bits per heavy atom. The summed E-state index contributed by atoms with van der Waals surface area (Å²) in [5.74, 6) is 0.862. The SMILES string of the molecule is C=CCSc1ccccc1NC(=O)CN1CCC(C)(CN)C1. The van der Waals surface area contributed by atoms with Gasteiger partial charge in [-0.05, 0) is 37.1 Å². The third-order valence-electron chi connectivity index (χ3n) is 4.01. The van der Waals surface area contributed by atoms with Crippen molar-refractivity contribution in [3.05, 3.63) is 36.9 Å². The number of nitrogens with zero attached hydrogens (tertiary/aromatic N) is 1. The Hall–Kier alpha value is -1.30. The van der Waals surface area contributed by atoms with Crippen molar-refractivity contribution in [2.45, 2.75) is 18.2 Å². The van der Waals surface area contributed by atoms with Gasteiger partial charge in [-0.25, -0.2) is 0 Å². The van der Waals surface area contributed by atoms with E-state index in [1.54, 1.807) is 11.8 Å². The van der Waals surface area contributed by atoms with Crippen molar-refractivity contribution in [3.8, 4) is 0 Å². The van der Waals surface area contributed by atoms with Crippen molar-refractivity contribution in [2.24, 2.45) is 11.1 Å². The minimum Gasteiger partial charge on any atom is -0.330 e. The number of nitrogens with two attached hydrogens (primary N) is 1. The molecule has 5 heteroatoms. The molecule has 22 heavy (non-hydrogen) atoms. The Bertz CT molecular complexity index is 534. The highest BCUT2D eigenvalue weighted by molar-refractivity contribution is 7.99. The average Bonchev–Trinajstić information content (AvgIpc) is 2.88. The molecule has 1 heterocycles. The van der Waals surface area contributed by atoms with Gasteiger partial charge in [0.05, 0.1) is 12.2 Å². The smallest absolute Gasteiger partial charge is 0.238 e. The maximum Gasteiger partial charge on any atom is 0.238 e. The summed E-state index contributed by atoms with van der Waals surface area (Å²) in [5, 5.41) is 3.02. The Morgan fingerprint density at radius 1 is 1.55 bits per heavy atom. The molecule has 0 aromatic heterocycles. The summed E-state index contributed by atoms with van der Waals surface area (Å²) in [5.41, 5.74) is 6.84. The van der Waals surface area contributed by atoms with E-state index in [0.29, 0.717) is 13.1 Å². The summed E-state index contributed by atoms with van der Waals surface area (Å²) in [6.45, 7) is 8.85. The molecular formula is C17H25N3OS. The first-order valence-electron chi connectivity index (χ1n) is 7.61. The Kier molecular flexibility index (Phi) is 6.06. The number of hydrogen-bond donors (Lipinski definition) is 2. The van der Waals surface area contributed by atoms with Gasteiger partial charge in [-0.3, -0.25) is 9.69 Å². The molecule has 1 aliphatic heterocycles. The molecule has 0 radical (unpaired) electrons. The minimum atomic E-state index is 0.0351. The van der Waals surface area contributed by atoms with Crippen LogP contribution in [0.25, 0.3) is 0 Å². The van der Waals surface area contributed by atoms with Crippen molar-refractivity contribution in [1.82, 2.24) is 4.90 Å². The monoisotopic (exact) mass is 319 g/mol. The number of nitrogens with one attached hydrogen (secondary N) is 1. The van der Waals surface area contributed by atoms with E-state index >= 15 is 0 Å². The van der Waals surface area contributed by atoms with Gasteiger partial charge in [0.2, 0.25) is 5.91 Å². The highest BCUT2D eigenvalue weighted by Gasteiger charge is 2.33. The van der Waals surface area contributed by atoms with E-state index in [2.05, 4.69) is 23.7 Å². The Morgan fingerprint density at radius 3 is 3.00 bits per heavy atom. The molecule has 0 aliphatic carbocycles. The molecule has 4 nitrogen and oxygen atoms in total. The Balaban J connectivity index is 1.91. The predicted molar refractivity (Wildman–Crippen MR) is 94.2 cm³/mol. The lowest BCUT2D eigenvalue weighted by atomic mass is 9.90. The largest absolute Gasteiger partial charge is 0.330 e. The summed E-state index contributed by atoms with van der Waals surface area (Å²) in [7, 11) is 0. The van der Waals surface area contributed by atoms with E-state index in [-0.39, 0.29) is 11.3 Å². The number of carbonyl (C=O) groups is 1. The van der Waals surface area contributed by atoms with Crippen LogP contribution in [0.15, 0.2) is 41.8 Å². The van der Waals surface area contributed by atoms with Gasteiger partial charge in [-0.1, -0.05) is 25.1 Å². The van der Waals surface area contributed by atoms with Crippen LogP contribution in [0.1, 0.15) is 13.3 Å². The van der Waals surface area contributed by atoms with Gasteiger partial charge < -0.3 is 11.1 Å². The second kappa shape index (κ2) is 7.81. The fourth-order valence-electron chi connectivity index (χ4n) is 2.66. The van der Waals surface area contributed by atoms with Gasteiger partial charge in [0, 0.05) is 17.2 Å². The zero-order valence-electron chi connectivity index (χ0n) is 13.2. The quantitative estimate of drug-likeness (QED) is 0.599. The van der Waals surface area contributed by atoms with E-state index in [1.165, 1.54) is 0 Å². The summed E-state index contributed by atoms with van der Waals surface area (Å²) in [6.07, 6.45) is 2.92. The van der Waals surface area contributed by atoms with Crippen molar-refractivity contribution < 1.29 is 4.79 Å². The van der Waals surface area contributed by atoms with E-state index in [9.17, 15) is 4.79 Å².